The zero-order valence-electron chi connectivity index (χ0n) is 16.2. The van der Waals surface area contributed by atoms with Crippen LogP contribution in [0.15, 0.2) is 4.99 Å². The van der Waals surface area contributed by atoms with Gasteiger partial charge in [0.05, 0.1) is 26.2 Å². The van der Waals surface area contributed by atoms with Crippen molar-refractivity contribution in [2.75, 3.05) is 66.1 Å². The van der Waals surface area contributed by atoms with Crippen LogP contribution in [0.25, 0.3) is 0 Å². The zero-order valence-corrected chi connectivity index (χ0v) is 16.2. The van der Waals surface area contributed by atoms with E-state index in [4.69, 9.17) is 14.5 Å². The van der Waals surface area contributed by atoms with E-state index in [1.165, 1.54) is 7.11 Å². The van der Waals surface area contributed by atoms with Crippen LogP contribution in [-0.4, -0.2) is 87.9 Å². The van der Waals surface area contributed by atoms with Gasteiger partial charge < -0.3 is 19.7 Å². The maximum Gasteiger partial charge on any atom is 0.310 e. The van der Waals surface area contributed by atoms with Crippen molar-refractivity contribution in [1.82, 2.24) is 15.1 Å². The molecule has 0 aromatic rings. The van der Waals surface area contributed by atoms with Crippen LogP contribution in [-0.2, 0) is 14.3 Å². The van der Waals surface area contributed by atoms with Gasteiger partial charge >= 0.3 is 5.97 Å². The number of hydrogen-bond donors (Lipinski definition) is 1. The summed E-state index contributed by atoms with van der Waals surface area (Å²) in [7, 11) is 1.46. The Kier molecular flexibility index (Phi) is 7.96. The summed E-state index contributed by atoms with van der Waals surface area (Å²) in [6.45, 7) is 14.3. The SMILES string of the molecule is CCNC(=NCC(C)CN1CCOCC1)N1CC(C)C(C(=O)OC)C1. The van der Waals surface area contributed by atoms with Crippen LogP contribution < -0.4 is 5.32 Å². The number of rotatable bonds is 6. The number of hydrogen-bond acceptors (Lipinski definition) is 5. The maximum absolute atomic E-state index is 11.9. The fourth-order valence-corrected chi connectivity index (χ4v) is 3.55. The van der Waals surface area contributed by atoms with Gasteiger partial charge in [-0.05, 0) is 18.8 Å². The lowest BCUT2D eigenvalue weighted by Gasteiger charge is -2.29. The number of likely N-dealkylation sites (tertiary alicyclic amines) is 1. The second-order valence-corrected chi connectivity index (χ2v) is 7.22. The molecule has 1 N–H and O–H groups in total. The van der Waals surface area contributed by atoms with E-state index < -0.39 is 0 Å². The average molecular weight is 354 g/mol. The highest BCUT2D eigenvalue weighted by atomic mass is 16.5. The fourth-order valence-electron chi connectivity index (χ4n) is 3.55. The minimum atomic E-state index is -0.119. The van der Waals surface area contributed by atoms with Gasteiger partial charge in [-0.25, -0.2) is 0 Å². The van der Waals surface area contributed by atoms with Gasteiger partial charge in [-0.15, -0.1) is 0 Å². The summed E-state index contributed by atoms with van der Waals surface area (Å²) in [5.74, 6) is 1.49. The lowest BCUT2D eigenvalue weighted by molar-refractivity contribution is -0.145. The number of carbonyl (C=O) groups excluding carboxylic acids is 1. The first kappa shape index (κ1) is 20.0. The first-order valence-electron chi connectivity index (χ1n) is 9.46. The monoisotopic (exact) mass is 354 g/mol. The van der Waals surface area contributed by atoms with Gasteiger partial charge in [0.2, 0.25) is 0 Å². The predicted molar refractivity (Wildman–Crippen MR) is 98.6 cm³/mol. The van der Waals surface area contributed by atoms with E-state index in [1.54, 1.807) is 0 Å². The quantitative estimate of drug-likeness (QED) is 0.429. The van der Waals surface area contributed by atoms with E-state index >= 15 is 0 Å². The van der Waals surface area contributed by atoms with Crippen LogP contribution in [0.5, 0.6) is 0 Å². The topological polar surface area (TPSA) is 66.4 Å². The second kappa shape index (κ2) is 9.97. The number of aliphatic imine (C=N–C) groups is 1. The number of nitrogens with one attached hydrogen (secondary N) is 1. The molecule has 3 unspecified atom stereocenters. The summed E-state index contributed by atoms with van der Waals surface area (Å²) in [6, 6.07) is 0. The number of esters is 1. The number of nitrogens with zero attached hydrogens (tertiary/aromatic N) is 3. The van der Waals surface area contributed by atoms with Crippen molar-refractivity contribution in [1.29, 1.82) is 0 Å². The third kappa shape index (κ3) is 5.85. The molecule has 0 spiro atoms. The van der Waals surface area contributed by atoms with Crippen molar-refractivity contribution < 1.29 is 14.3 Å². The van der Waals surface area contributed by atoms with Crippen LogP contribution >= 0.6 is 0 Å². The Morgan fingerprint density at radius 2 is 2.08 bits per heavy atom. The third-order valence-electron chi connectivity index (χ3n) is 4.98. The second-order valence-electron chi connectivity index (χ2n) is 7.22. The molecule has 2 fully saturated rings. The molecule has 0 aromatic heterocycles. The highest BCUT2D eigenvalue weighted by molar-refractivity contribution is 5.82. The lowest BCUT2D eigenvalue weighted by Crippen LogP contribution is -2.42. The Balaban J connectivity index is 1.90. The molecule has 0 amide bonds. The minimum absolute atomic E-state index is 0.0698. The van der Waals surface area contributed by atoms with Crippen molar-refractivity contribution in [3.63, 3.8) is 0 Å². The standard InChI is InChI=1S/C18H34N4O3/c1-5-19-18(22-12-15(3)16(13-22)17(23)24-4)20-10-14(2)11-21-6-8-25-9-7-21/h14-16H,5-13H2,1-4H3,(H,19,20). The first-order chi connectivity index (χ1) is 12.0. The molecule has 2 aliphatic heterocycles. The molecular formula is C18H34N4O3. The fraction of sp³-hybridized carbons (Fsp3) is 0.889. The number of guanidine groups is 1. The molecule has 0 aromatic carbocycles. The minimum Gasteiger partial charge on any atom is -0.469 e. The molecular weight excluding hydrogens is 320 g/mol. The first-order valence-corrected chi connectivity index (χ1v) is 9.46. The van der Waals surface area contributed by atoms with Crippen LogP contribution in [0.3, 0.4) is 0 Å². The summed E-state index contributed by atoms with van der Waals surface area (Å²) in [5, 5.41) is 3.37. The summed E-state index contributed by atoms with van der Waals surface area (Å²) in [6.07, 6.45) is 0. The largest absolute Gasteiger partial charge is 0.469 e. The summed E-state index contributed by atoms with van der Waals surface area (Å²) in [5.41, 5.74) is 0. The van der Waals surface area contributed by atoms with Crippen molar-refractivity contribution >= 4 is 11.9 Å². The van der Waals surface area contributed by atoms with Gasteiger partial charge in [0.1, 0.15) is 0 Å². The lowest BCUT2D eigenvalue weighted by atomic mass is 9.99. The third-order valence-corrected chi connectivity index (χ3v) is 4.98. The van der Waals surface area contributed by atoms with Gasteiger partial charge in [0, 0.05) is 45.8 Å². The van der Waals surface area contributed by atoms with E-state index in [1.807, 2.05) is 0 Å². The van der Waals surface area contributed by atoms with Crippen molar-refractivity contribution in [2.45, 2.75) is 20.8 Å². The van der Waals surface area contributed by atoms with Crippen molar-refractivity contribution in [2.24, 2.45) is 22.7 Å². The van der Waals surface area contributed by atoms with Gasteiger partial charge in [0.25, 0.3) is 0 Å². The van der Waals surface area contributed by atoms with Gasteiger partial charge in [0.15, 0.2) is 5.96 Å². The van der Waals surface area contributed by atoms with E-state index in [0.717, 1.165) is 58.4 Å². The van der Waals surface area contributed by atoms with E-state index in [9.17, 15) is 4.79 Å². The molecule has 0 aliphatic carbocycles. The number of ether oxygens (including phenoxy) is 2. The van der Waals surface area contributed by atoms with E-state index in [2.05, 4.69) is 35.9 Å². The smallest absolute Gasteiger partial charge is 0.310 e. The molecule has 2 saturated heterocycles. The summed E-state index contributed by atoms with van der Waals surface area (Å²) < 4.78 is 10.3. The Morgan fingerprint density at radius 3 is 2.72 bits per heavy atom. The molecule has 0 saturated carbocycles. The van der Waals surface area contributed by atoms with Crippen molar-refractivity contribution in [3.05, 3.63) is 0 Å². The molecule has 2 aliphatic rings. The van der Waals surface area contributed by atoms with Crippen LogP contribution in [0.2, 0.25) is 0 Å². The molecule has 2 heterocycles. The normalized spacial score (nSPS) is 26.6. The van der Waals surface area contributed by atoms with Crippen LogP contribution in [0.1, 0.15) is 20.8 Å². The molecule has 144 valence electrons. The highest BCUT2D eigenvalue weighted by Crippen LogP contribution is 2.24. The Bertz CT molecular complexity index is 452. The van der Waals surface area contributed by atoms with Gasteiger partial charge in [-0.1, -0.05) is 13.8 Å². The van der Waals surface area contributed by atoms with Gasteiger partial charge in [-0.2, -0.15) is 0 Å². The number of carbonyl (C=O) groups is 1. The van der Waals surface area contributed by atoms with Crippen LogP contribution in [0, 0.1) is 17.8 Å². The molecule has 0 bridgehead atoms. The molecule has 0 radical (unpaired) electrons. The molecule has 3 atom stereocenters. The number of morpholine rings is 1. The zero-order chi connectivity index (χ0) is 18.2. The predicted octanol–water partition coefficient (Wildman–Crippen LogP) is 0.661. The molecule has 2 rings (SSSR count). The van der Waals surface area contributed by atoms with Crippen molar-refractivity contribution in [3.8, 4) is 0 Å². The summed E-state index contributed by atoms with van der Waals surface area (Å²) >= 11 is 0. The molecule has 25 heavy (non-hydrogen) atoms. The molecule has 7 heteroatoms. The Labute approximate surface area is 151 Å². The van der Waals surface area contributed by atoms with Crippen LogP contribution in [0.4, 0.5) is 0 Å². The number of methoxy groups -OCH3 is 1. The Hall–Kier alpha value is -1.34. The Morgan fingerprint density at radius 1 is 1.36 bits per heavy atom. The van der Waals surface area contributed by atoms with E-state index in [0.29, 0.717) is 12.5 Å². The maximum atomic E-state index is 11.9. The average Bonchev–Trinajstić information content (AvgIpc) is 3.00. The highest BCUT2D eigenvalue weighted by Gasteiger charge is 2.36. The van der Waals surface area contributed by atoms with Gasteiger partial charge in [-0.3, -0.25) is 14.7 Å². The summed E-state index contributed by atoms with van der Waals surface area (Å²) in [4.78, 5) is 21.4. The van der Waals surface area contributed by atoms with E-state index in [-0.39, 0.29) is 17.8 Å². The molecule has 7 nitrogen and oxygen atoms in total.